The third-order valence-electron chi connectivity index (χ3n) is 4.37. The molecule has 0 radical (unpaired) electrons. The zero-order valence-corrected chi connectivity index (χ0v) is 15.4. The Kier molecular flexibility index (Phi) is 6.42. The molecule has 0 unspecified atom stereocenters. The lowest BCUT2D eigenvalue weighted by molar-refractivity contribution is -0.142. The molecule has 1 N–H and O–H groups in total. The second-order valence-electron chi connectivity index (χ2n) is 6.32. The van der Waals surface area contributed by atoms with Crippen LogP contribution in [0.15, 0.2) is 18.2 Å². The van der Waals surface area contributed by atoms with Crippen LogP contribution >= 0.6 is 0 Å². The summed E-state index contributed by atoms with van der Waals surface area (Å²) < 4.78 is 16.1. The molecule has 6 heteroatoms. The maximum Gasteiger partial charge on any atom is 0.341 e. The second kappa shape index (κ2) is 8.34. The van der Waals surface area contributed by atoms with E-state index in [1.165, 1.54) is 7.11 Å². The zero-order chi connectivity index (χ0) is 18.4. The summed E-state index contributed by atoms with van der Waals surface area (Å²) in [7, 11) is 1.49. The average molecular weight is 349 g/mol. The number of hydrogen-bond acceptors (Lipinski definition) is 5. The monoisotopic (exact) mass is 349 g/mol. The number of carbonyl (C=O) groups excluding carboxylic acids is 2. The van der Waals surface area contributed by atoms with Gasteiger partial charge in [-0.05, 0) is 57.2 Å². The maximum absolute atomic E-state index is 12.8. The first kappa shape index (κ1) is 19.2. The van der Waals surface area contributed by atoms with E-state index >= 15 is 0 Å². The Balaban J connectivity index is 2.19. The molecule has 6 nitrogen and oxygen atoms in total. The first-order valence-corrected chi connectivity index (χ1v) is 8.76. The summed E-state index contributed by atoms with van der Waals surface area (Å²) in [4.78, 5) is 24.9. The van der Waals surface area contributed by atoms with Crippen molar-refractivity contribution in [1.82, 2.24) is 0 Å². The Bertz CT molecular complexity index is 626. The van der Waals surface area contributed by atoms with Gasteiger partial charge in [0.05, 0.1) is 13.7 Å². The van der Waals surface area contributed by atoms with Crippen LogP contribution in [0, 0.1) is 5.92 Å². The Morgan fingerprint density at radius 2 is 2.00 bits per heavy atom. The number of nitrogens with one attached hydrogen (secondary N) is 1. The largest absolute Gasteiger partial charge is 0.496 e. The van der Waals surface area contributed by atoms with E-state index in [1.54, 1.807) is 25.1 Å². The summed E-state index contributed by atoms with van der Waals surface area (Å²) in [5.74, 6) is -0.0310. The lowest BCUT2D eigenvalue weighted by Crippen LogP contribution is -2.45. The van der Waals surface area contributed by atoms with Crippen LogP contribution in [-0.2, 0) is 14.3 Å². The van der Waals surface area contributed by atoms with Gasteiger partial charge in [0.2, 0.25) is 0 Å². The Morgan fingerprint density at radius 3 is 2.56 bits per heavy atom. The van der Waals surface area contributed by atoms with Gasteiger partial charge < -0.3 is 19.5 Å². The van der Waals surface area contributed by atoms with Crippen molar-refractivity contribution in [1.29, 1.82) is 0 Å². The predicted molar refractivity (Wildman–Crippen MR) is 95.0 cm³/mol. The van der Waals surface area contributed by atoms with Crippen LogP contribution < -0.4 is 10.1 Å². The molecule has 0 aliphatic heterocycles. The quantitative estimate of drug-likeness (QED) is 0.692. The fourth-order valence-corrected chi connectivity index (χ4v) is 2.73. The van der Waals surface area contributed by atoms with Gasteiger partial charge in [0, 0.05) is 12.3 Å². The fourth-order valence-electron chi connectivity index (χ4n) is 2.73. The van der Waals surface area contributed by atoms with Crippen molar-refractivity contribution in [2.75, 3.05) is 25.6 Å². The van der Waals surface area contributed by atoms with Crippen LogP contribution in [0.25, 0.3) is 0 Å². The molecule has 1 atom stereocenters. The lowest BCUT2D eigenvalue weighted by atomic mass is 9.98. The summed E-state index contributed by atoms with van der Waals surface area (Å²) in [5.41, 5.74) is -0.0504. The molecule has 138 valence electrons. The number of methoxy groups -OCH3 is 1. The minimum absolute atomic E-state index is 0.191. The highest BCUT2D eigenvalue weighted by molar-refractivity contribution is 6.00. The summed E-state index contributed by atoms with van der Waals surface area (Å²) in [6.07, 6.45) is 2.83. The van der Waals surface area contributed by atoms with E-state index in [-0.39, 0.29) is 24.0 Å². The molecule has 0 aromatic heterocycles. The van der Waals surface area contributed by atoms with Gasteiger partial charge in [-0.15, -0.1) is 0 Å². The number of carbonyl (C=O) groups is 2. The molecule has 1 aliphatic carbocycles. The molecule has 25 heavy (non-hydrogen) atoms. The normalized spacial score (nSPS) is 16.0. The first-order chi connectivity index (χ1) is 12.0. The van der Waals surface area contributed by atoms with Gasteiger partial charge >= 0.3 is 5.97 Å². The van der Waals surface area contributed by atoms with Crippen molar-refractivity contribution in [2.24, 2.45) is 5.92 Å². The fraction of sp³-hybridized carbons (Fsp3) is 0.579. The molecular formula is C19H27NO5. The number of hydrogen-bond donors (Lipinski definition) is 1. The van der Waals surface area contributed by atoms with Crippen LogP contribution in [0.3, 0.4) is 0 Å². The van der Waals surface area contributed by atoms with E-state index in [0.29, 0.717) is 18.0 Å². The van der Waals surface area contributed by atoms with Gasteiger partial charge in [0.1, 0.15) is 16.9 Å². The third kappa shape index (κ3) is 4.51. The van der Waals surface area contributed by atoms with Crippen LogP contribution in [0.2, 0.25) is 0 Å². The van der Waals surface area contributed by atoms with Crippen molar-refractivity contribution >= 4 is 17.6 Å². The minimum Gasteiger partial charge on any atom is -0.496 e. The first-order valence-electron chi connectivity index (χ1n) is 8.76. The van der Waals surface area contributed by atoms with Gasteiger partial charge in [-0.25, -0.2) is 4.79 Å². The smallest absolute Gasteiger partial charge is 0.341 e. The number of esters is 1. The zero-order valence-electron chi connectivity index (χ0n) is 15.4. The highest BCUT2D eigenvalue weighted by Gasteiger charge is 2.48. The highest BCUT2D eigenvalue weighted by Crippen LogP contribution is 2.42. The number of ether oxygens (including phenoxy) is 3. The van der Waals surface area contributed by atoms with Crippen LogP contribution in [0.1, 0.15) is 50.4 Å². The predicted octanol–water partition coefficient (Wildman–Crippen LogP) is 3.41. The van der Waals surface area contributed by atoms with Gasteiger partial charge in [-0.2, -0.15) is 0 Å². The molecule has 1 aliphatic rings. The molecule has 0 spiro atoms. The molecule has 1 fully saturated rings. The molecule has 2 rings (SSSR count). The topological polar surface area (TPSA) is 73.9 Å². The van der Waals surface area contributed by atoms with Crippen molar-refractivity contribution in [3.05, 3.63) is 23.8 Å². The second-order valence-corrected chi connectivity index (χ2v) is 6.32. The Hall–Kier alpha value is -2.08. The molecule has 0 bridgehead atoms. The number of anilines is 1. The van der Waals surface area contributed by atoms with Gasteiger partial charge in [0.15, 0.2) is 0 Å². The standard InChI is InChI=1S/C19H27NO5/c1-5-11-25-19(3,13-7-8-13)18(22)20-14-9-10-16(23-4)15(12-14)17(21)24-6-2/h9-10,12-13H,5-8,11H2,1-4H3,(H,20,22)/t19-/m0/s1. The molecule has 0 saturated heterocycles. The third-order valence-corrected chi connectivity index (χ3v) is 4.37. The van der Waals surface area contributed by atoms with E-state index < -0.39 is 11.6 Å². The van der Waals surface area contributed by atoms with Crippen molar-refractivity contribution < 1.29 is 23.8 Å². The Morgan fingerprint density at radius 1 is 1.28 bits per heavy atom. The minimum atomic E-state index is -0.847. The Labute approximate surface area is 148 Å². The molecule has 0 heterocycles. The lowest BCUT2D eigenvalue weighted by Gasteiger charge is -2.28. The molecular weight excluding hydrogens is 322 g/mol. The average Bonchev–Trinajstić information content (AvgIpc) is 3.45. The molecule has 1 aromatic carbocycles. The maximum atomic E-state index is 12.8. The highest BCUT2D eigenvalue weighted by atomic mass is 16.5. The number of rotatable bonds is 9. The number of benzene rings is 1. The molecule has 1 amide bonds. The van der Waals surface area contributed by atoms with Crippen LogP contribution in [0.4, 0.5) is 5.69 Å². The van der Waals surface area contributed by atoms with Gasteiger partial charge in [-0.3, -0.25) is 4.79 Å². The summed E-state index contributed by atoms with van der Waals surface area (Å²) in [6, 6.07) is 4.91. The van der Waals surface area contributed by atoms with Crippen molar-refractivity contribution in [2.45, 2.75) is 45.6 Å². The van der Waals surface area contributed by atoms with E-state index in [4.69, 9.17) is 14.2 Å². The summed E-state index contributed by atoms with van der Waals surface area (Å²) in [6.45, 7) is 6.40. The molecule has 1 saturated carbocycles. The van der Waals surface area contributed by atoms with E-state index in [9.17, 15) is 9.59 Å². The van der Waals surface area contributed by atoms with Crippen molar-refractivity contribution in [3.8, 4) is 5.75 Å². The summed E-state index contributed by atoms with van der Waals surface area (Å²) in [5, 5.41) is 2.87. The van der Waals surface area contributed by atoms with Crippen LogP contribution in [-0.4, -0.2) is 37.8 Å². The summed E-state index contributed by atoms with van der Waals surface area (Å²) >= 11 is 0. The van der Waals surface area contributed by atoms with E-state index in [0.717, 1.165) is 19.3 Å². The molecule has 1 aromatic rings. The SMILES string of the molecule is CCCO[C@](C)(C(=O)Nc1ccc(OC)c(C(=O)OCC)c1)C1CC1. The van der Waals surface area contributed by atoms with Gasteiger partial charge in [0.25, 0.3) is 5.91 Å². The van der Waals surface area contributed by atoms with E-state index in [1.807, 2.05) is 13.8 Å². The van der Waals surface area contributed by atoms with Crippen LogP contribution in [0.5, 0.6) is 5.75 Å². The van der Waals surface area contributed by atoms with Gasteiger partial charge in [-0.1, -0.05) is 6.92 Å². The van der Waals surface area contributed by atoms with E-state index in [2.05, 4.69) is 5.32 Å². The van der Waals surface area contributed by atoms with Crippen molar-refractivity contribution in [3.63, 3.8) is 0 Å². The number of amides is 1.